The van der Waals surface area contributed by atoms with E-state index in [4.69, 9.17) is 4.74 Å². The van der Waals surface area contributed by atoms with Gasteiger partial charge in [-0.05, 0) is 6.42 Å². The third-order valence-corrected chi connectivity index (χ3v) is 2.99. The molecule has 0 aromatic carbocycles. The van der Waals surface area contributed by atoms with Gasteiger partial charge in [0.1, 0.15) is 6.61 Å². The zero-order chi connectivity index (χ0) is 18.4. The average Bonchev–Trinajstić information content (AvgIpc) is 2.49. The number of carbonyl (C=O) groups is 2. The Morgan fingerprint density at radius 1 is 0.917 bits per heavy atom. The molecule has 0 heterocycles. The van der Waals surface area contributed by atoms with E-state index in [0.717, 1.165) is 32.1 Å². The van der Waals surface area contributed by atoms with Crippen molar-refractivity contribution in [3.63, 3.8) is 0 Å². The molecule has 0 aliphatic heterocycles. The zero-order valence-electron chi connectivity index (χ0n) is 14.0. The molecule has 140 valence electrons. The van der Waals surface area contributed by atoms with Crippen molar-refractivity contribution in [1.29, 1.82) is 0 Å². The summed E-state index contributed by atoms with van der Waals surface area (Å²) >= 11 is 0. The number of carbonyl (C=O) groups excluding carboxylic acids is 2. The number of unbranched alkanes of at least 4 members (excludes halogenated alkanes) is 5. The Morgan fingerprint density at radius 2 is 1.54 bits per heavy atom. The predicted octanol–water partition coefficient (Wildman–Crippen LogP) is 3.92. The topological polar surface area (TPSA) is 61.8 Å². The molecule has 0 unspecified atom stereocenters. The third-order valence-electron chi connectivity index (χ3n) is 2.99. The molecule has 0 aliphatic carbocycles. The van der Waals surface area contributed by atoms with Gasteiger partial charge in [-0.15, -0.1) is 13.2 Å². The first-order valence-electron chi connectivity index (χ1n) is 7.97. The molecule has 24 heavy (non-hydrogen) atoms. The van der Waals surface area contributed by atoms with Gasteiger partial charge in [0.05, 0.1) is 19.6 Å². The fourth-order valence-corrected chi connectivity index (χ4v) is 1.76. The van der Waals surface area contributed by atoms with Gasteiger partial charge in [0, 0.05) is 5.57 Å². The molecule has 0 spiro atoms. The highest BCUT2D eigenvalue weighted by Gasteiger charge is 2.28. The molecule has 0 atom stereocenters. The number of hydrogen-bond acceptors (Lipinski definition) is 5. The Kier molecular flexibility index (Phi) is 12.0. The Bertz CT molecular complexity index is 394. The quantitative estimate of drug-likeness (QED) is 0.285. The molecular formula is C16H25F3O5. The first kappa shape index (κ1) is 22.4. The van der Waals surface area contributed by atoms with Crippen molar-refractivity contribution in [1.82, 2.24) is 0 Å². The number of alkyl halides is 3. The summed E-state index contributed by atoms with van der Waals surface area (Å²) in [6.45, 7) is 4.37. The minimum atomic E-state index is -4.77. The number of ether oxygens (including phenoxy) is 3. The fraction of sp³-hybridized carbons (Fsp3) is 0.750. The standard InChI is InChI=1S/C16H25F3O5/c1-3-4-5-6-7-8-9-22-14(20)12-13(2)15(21)23-10-11-24-16(17,18)19/h2-12H2,1H3. The summed E-state index contributed by atoms with van der Waals surface area (Å²) in [5.41, 5.74) is -0.171. The van der Waals surface area contributed by atoms with Crippen LogP contribution in [0.3, 0.4) is 0 Å². The first-order valence-corrected chi connectivity index (χ1v) is 7.97. The average molecular weight is 354 g/mol. The zero-order valence-corrected chi connectivity index (χ0v) is 14.0. The Labute approximate surface area is 140 Å². The molecular weight excluding hydrogens is 329 g/mol. The number of esters is 2. The largest absolute Gasteiger partial charge is 0.522 e. The van der Waals surface area contributed by atoms with Crippen molar-refractivity contribution < 1.29 is 37.0 Å². The summed E-state index contributed by atoms with van der Waals surface area (Å²) in [4.78, 5) is 22.9. The Hall–Kier alpha value is -1.57. The minimum absolute atomic E-state index is 0.171. The molecule has 0 rings (SSSR count). The van der Waals surface area contributed by atoms with Gasteiger partial charge in [-0.2, -0.15) is 0 Å². The second kappa shape index (κ2) is 12.8. The molecule has 0 N–H and O–H groups in total. The predicted molar refractivity (Wildman–Crippen MR) is 81.1 cm³/mol. The minimum Gasteiger partial charge on any atom is -0.465 e. The normalized spacial score (nSPS) is 11.2. The van der Waals surface area contributed by atoms with Crippen LogP contribution >= 0.6 is 0 Å². The summed E-state index contributed by atoms with van der Waals surface area (Å²) in [5.74, 6) is -1.56. The summed E-state index contributed by atoms with van der Waals surface area (Å²) in [6, 6.07) is 0. The number of hydrogen-bond donors (Lipinski definition) is 0. The van der Waals surface area contributed by atoms with E-state index in [2.05, 4.69) is 23.0 Å². The highest BCUT2D eigenvalue weighted by molar-refractivity contribution is 5.93. The SMILES string of the molecule is C=C(CC(=O)OCCCCCCCC)C(=O)OCCOC(F)(F)F. The maximum absolute atomic E-state index is 11.7. The van der Waals surface area contributed by atoms with E-state index in [0.29, 0.717) is 0 Å². The highest BCUT2D eigenvalue weighted by Crippen LogP contribution is 2.15. The van der Waals surface area contributed by atoms with E-state index < -0.39 is 31.5 Å². The highest BCUT2D eigenvalue weighted by atomic mass is 19.4. The van der Waals surface area contributed by atoms with Crippen molar-refractivity contribution in [3.05, 3.63) is 12.2 Å². The molecule has 0 saturated heterocycles. The Morgan fingerprint density at radius 3 is 2.17 bits per heavy atom. The van der Waals surface area contributed by atoms with E-state index in [1.807, 2.05) is 0 Å². The van der Waals surface area contributed by atoms with Crippen LogP contribution in [0.15, 0.2) is 12.2 Å². The second-order valence-corrected chi connectivity index (χ2v) is 5.20. The van der Waals surface area contributed by atoms with Crippen LogP contribution in [0.2, 0.25) is 0 Å². The van der Waals surface area contributed by atoms with E-state index >= 15 is 0 Å². The van der Waals surface area contributed by atoms with E-state index in [9.17, 15) is 22.8 Å². The maximum atomic E-state index is 11.7. The molecule has 0 amide bonds. The molecule has 5 nitrogen and oxygen atoms in total. The van der Waals surface area contributed by atoms with E-state index in [-0.39, 0.29) is 18.6 Å². The number of halogens is 3. The lowest BCUT2D eigenvalue weighted by Gasteiger charge is -2.09. The lowest BCUT2D eigenvalue weighted by molar-refractivity contribution is -0.326. The fourth-order valence-electron chi connectivity index (χ4n) is 1.76. The lowest BCUT2D eigenvalue weighted by atomic mass is 10.1. The van der Waals surface area contributed by atoms with Crippen LogP contribution in [0.25, 0.3) is 0 Å². The molecule has 8 heteroatoms. The maximum Gasteiger partial charge on any atom is 0.522 e. The molecule has 0 aliphatic rings. The van der Waals surface area contributed by atoms with Crippen LogP contribution in [0.5, 0.6) is 0 Å². The lowest BCUT2D eigenvalue weighted by Crippen LogP contribution is -2.20. The summed E-state index contributed by atoms with van der Waals surface area (Å²) in [5, 5.41) is 0. The molecule has 0 fully saturated rings. The summed E-state index contributed by atoms with van der Waals surface area (Å²) in [7, 11) is 0. The molecule has 0 aromatic rings. The first-order chi connectivity index (χ1) is 11.3. The van der Waals surface area contributed by atoms with Gasteiger partial charge in [0.15, 0.2) is 0 Å². The van der Waals surface area contributed by atoms with Crippen LogP contribution in [-0.2, 0) is 23.8 Å². The van der Waals surface area contributed by atoms with E-state index in [1.54, 1.807) is 0 Å². The van der Waals surface area contributed by atoms with Crippen LogP contribution in [0.4, 0.5) is 13.2 Å². The van der Waals surface area contributed by atoms with Crippen LogP contribution < -0.4 is 0 Å². The Balaban J connectivity index is 3.70. The van der Waals surface area contributed by atoms with E-state index in [1.165, 1.54) is 6.42 Å². The van der Waals surface area contributed by atoms with Crippen molar-refractivity contribution in [2.24, 2.45) is 0 Å². The monoisotopic (exact) mass is 354 g/mol. The molecule has 0 bridgehead atoms. The van der Waals surface area contributed by atoms with Gasteiger partial charge in [-0.3, -0.25) is 9.53 Å². The van der Waals surface area contributed by atoms with Crippen LogP contribution in [0.1, 0.15) is 51.9 Å². The molecule has 0 aromatic heterocycles. The van der Waals surface area contributed by atoms with Crippen LogP contribution in [0, 0.1) is 0 Å². The molecule has 0 saturated carbocycles. The summed E-state index contributed by atoms with van der Waals surface area (Å²) in [6.07, 6.45) is 1.19. The van der Waals surface area contributed by atoms with Crippen molar-refractivity contribution in [2.75, 3.05) is 19.8 Å². The third kappa shape index (κ3) is 14.0. The van der Waals surface area contributed by atoms with Crippen molar-refractivity contribution in [3.8, 4) is 0 Å². The van der Waals surface area contributed by atoms with Gasteiger partial charge < -0.3 is 9.47 Å². The van der Waals surface area contributed by atoms with Crippen LogP contribution in [-0.4, -0.2) is 38.1 Å². The molecule has 0 radical (unpaired) electrons. The van der Waals surface area contributed by atoms with Gasteiger partial charge in [0.25, 0.3) is 0 Å². The number of rotatable bonds is 13. The van der Waals surface area contributed by atoms with Gasteiger partial charge in [0.2, 0.25) is 0 Å². The second-order valence-electron chi connectivity index (χ2n) is 5.20. The van der Waals surface area contributed by atoms with Crippen molar-refractivity contribution in [2.45, 2.75) is 58.2 Å². The smallest absolute Gasteiger partial charge is 0.465 e. The summed E-state index contributed by atoms with van der Waals surface area (Å²) < 4.78 is 48.0. The van der Waals surface area contributed by atoms with Gasteiger partial charge >= 0.3 is 18.3 Å². The van der Waals surface area contributed by atoms with Gasteiger partial charge in [-0.25, -0.2) is 4.79 Å². The van der Waals surface area contributed by atoms with Crippen molar-refractivity contribution >= 4 is 11.9 Å². The van der Waals surface area contributed by atoms with Gasteiger partial charge in [-0.1, -0.05) is 45.6 Å².